The molecule has 2 aliphatic rings. The molecule has 2 fully saturated rings. The van der Waals surface area contributed by atoms with Crippen molar-refractivity contribution in [3.05, 3.63) is 59.4 Å². The van der Waals surface area contributed by atoms with E-state index in [4.69, 9.17) is 4.74 Å². The molecule has 3 heterocycles. The van der Waals surface area contributed by atoms with Gasteiger partial charge in [-0.05, 0) is 56.0 Å². The highest BCUT2D eigenvalue weighted by Gasteiger charge is 2.41. The molecule has 0 bridgehead atoms. The van der Waals surface area contributed by atoms with Crippen LogP contribution in [0.4, 0.5) is 0 Å². The number of hydrogen-bond donors (Lipinski definition) is 2. The lowest BCUT2D eigenvalue weighted by Crippen LogP contribution is -2.52. The minimum atomic E-state index is -0.518. The van der Waals surface area contributed by atoms with Crippen LogP contribution in [0, 0.1) is 6.92 Å². The van der Waals surface area contributed by atoms with Crippen molar-refractivity contribution in [1.29, 1.82) is 0 Å². The monoisotopic (exact) mass is 452 g/mol. The van der Waals surface area contributed by atoms with Crippen molar-refractivity contribution in [2.75, 3.05) is 26.7 Å². The average molecular weight is 453 g/mol. The maximum Gasteiger partial charge on any atom is 0.255 e. The van der Waals surface area contributed by atoms with E-state index in [-0.39, 0.29) is 23.9 Å². The van der Waals surface area contributed by atoms with E-state index in [1.807, 2.05) is 42.2 Å². The second-order valence-corrected chi connectivity index (χ2v) is 8.83. The molecule has 8 nitrogen and oxygen atoms in total. The quantitative estimate of drug-likeness (QED) is 0.694. The Hall–Kier alpha value is -2.97. The SMILES string of the molecule is COc1cccc(CNC(=O)[C@@H]2C[C@@H](O)CN2C2CCN(C(=O)c3cccnc3C)CC2)c1. The molecule has 2 amide bonds. The molecule has 33 heavy (non-hydrogen) atoms. The number of piperidine rings is 1. The van der Waals surface area contributed by atoms with E-state index in [1.54, 1.807) is 19.4 Å². The highest BCUT2D eigenvalue weighted by molar-refractivity contribution is 5.95. The summed E-state index contributed by atoms with van der Waals surface area (Å²) in [5, 5.41) is 13.3. The number of nitrogens with one attached hydrogen (secondary N) is 1. The first-order valence-electron chi connectivity index (χ1n) is 11.5. The van der Waals surface area contributed by atoms with Gasteiger partial charge in [-0.25, -0.2) is 0 Å². The van der Waals surface area contributed by atoms with Gasteiger partial charge in [0.25, 0.3) is 5.91 Å². The molecule has 0 saturated carbocycles. The maximum atomic E-state index is 13.0. The Morgan fingerprint density at radius 2 is 2.00 bits per heavy atom. The molecule has 1 aromatic carbocycles. The third-order valence-electron chi connectivity index (χ3n) is 6.68. The van der Waals surface area contributed by atoms with Crippen molar-refractivity contribution in [3.8, 4) is 5.75 Å². The lowest BCUT2D eigenvalue weighted by molar-refractivity contribution is -0.126. The van der Waals surface area contributed by atoms with Crippen LogP contribution in [0.25, 0.3) is 0 Å². The molecule has 2 atom stereocenters. The van der Waals surface area contributed by atoms with Gasteiger partial charge in [0.1, 0.15) is 5.75 Å². The van der Waals surface area contributed by atoms with Crippen LogP contribution in [0.3, 0.4) is 0 Å². The number of benzene rings is 1. The molecule has 8 heteroatoms. The van der Waals surface area contributed by atoms with Crippen molar-refractivity contribution in [2.24, 2.45) is 0 Å². The summed E-state index contributed by atoms with van der Waals surface area (Å²) in [4.78, 5) is 34.1. The van der Waals surface area contributed by atoms with E-state index in [1.165, 1.54) is 0 Å². The molecule has 4 rings (SSSR count). The zero-order chi connectivity index (χ0) is 23.4. The average Bonchev–Trinajstić information content (AvgIpc) is 3.24. The first kappa shape index (κ1) is 23.2. The molecule has 0 radical (unpaired) electrons. The van der Waals surface area contributed by atoms with Crippen LogP contribution in [-0.4, -0.2) is 76.6 Å². The number of aliphatic hydroxyl groups is 1. The number of methoxy groups -OCH3 is 1. The molecule has 176 valence electrons. The van der Waals surface area contributed by atoms with Crippen molar-refractivity contribution in [1.82, 2.24) is 20.1 Å². The van der Waals surface area contributed by atoms with E-state index in [0.717, 1.165) is 29.8 Å². The summed E-state index contributed by atoms with van der Waals surface area (Å²) in [7, 11) is 1.62. The topological polar surface area (TPSA) is 95.0 Å². The van der Waals surface area contributed by atoms with Crippen LogP contribution < -0.4 is 10.1 Å². The molecule has 2 N–H and O–H groups in total. The second-order valence-electron chi connectivity index (χ2n) is 8.83. The Morgan fingerprint density at radius 3 is 2.73 bits per heavy atom. The standard InChI is InChI=1S/C25H32N4O4/c1-17-22(7-4-10-26-17)25(32)28-11-8-19(9-12-28)29-16-20(30)14-23(29)24(31)27-15-18-5-3-6-21(13-18)33-2/h3-7,10,13,19-20,23,30H,8-9,11-12,14-16H2,1-2H3,(H,27,31)/t20-,23+/m1/s1. The third-order valence-corrected chi connectivity index (χ3v) is 6.68. The zero-order valence-electron chi connectivity index (χ0n) is 19.2. The summed E-state index contributed by atoms with van der Waals surface area (Å²) >= 11 is 0. The largest absolute Gasteiger partial charge is 0.497 e. The molecular weight excluding hydrogens is 420 g/mol. The number of amides is 2. The first-order chi connectivity index (χ1) is 16.0. The van der Waals surface area contributed by atoms with Gasteiger partial charge in [0.05, 0.1) is 24.8 Å². The van der Waals surface area contributed by atoms with Crippen molar-refractivity contribution in [3.63, 3.8) is 0 Å². The number of rotatable bonds is 6. The summed E-state index contributed by atoms with van der Waals surface area (Å²) in [5.74, 6) is 0.689. The van der Waals surface area contributed by atoms with Crippen molar-refractivity contribution < 1.29 is 19.4 Å². The lowest BCUT2D eigenvalue weighted by Gasteiger charge is -2.39. The Bertz CT molecular complexity index is 990. The van der Waals surface area contributed by atoms with Gasteiger partial charge in [0, 0.05) is 44.1 Å². The number of aryl methyl sites for hydroxylation is 1. The fourth-order valence-electron chi connectivity index (χ4n) is 4.87. The summed E-state index contributed by atoms with van der Waals surface area (Å²) in [6.45, 7) is 4.00. The zero-order valence-corrected chi connectivity index (χ0v) is 19.2. The Labute approximate surface area is 194 Å². The predicted octanol–water partition coefficient (Wildman–Crippen LogP) is 1.75. The van der Waals surface area contributed by atoms with E-state index in [9.17, 15) is 14.7 Å². The van der Waals surface area contributed by atoms with Gasteiger partial charge >= 0.3 is 0 Å². The second kappa shape index (κ2) is 10.3. The van der Waals surface area contributed by atoms with Crippen LogP contribution in [-0.2, 0) is 11.3 Å². The fraction of sp³-hybridized carbons (Fsp3) is 0.480. The minimum Gasteiger partial charge on any atom is -0.497 e. The number of aliphatic hydroxyl groups excluding tert-OH is 1. The van der Waals surface area contributed by atoms with Gasteiger partial charge in [-0.1, -0.05) is 12.1 Å². The molecule has 0 unspecified atom stereocenters. The number of likely N-dealkylation sites (tertiary alicyclic amines) is 2. The number of aromatic nitrogens is 1. The van der Waals surface area contributed by atoms with E-state index in [0.29, 0.717) is 38.2 Å². The van der Waals surface area contributed by atoms with Crippen LogP contribution in [0.2, 0.25) is 0 Å². The highest BCUT2D eigenvalue weighted by Crippen LogP contribution is 2.27. The van der Waals surface area contributed by atoms with E-state index < -0.39 is 6.10 Å². The van der Waals surface area contributed by atoms with Crippen LogP contribution >= 0.6 is 0 Å². The van der Waals surface area contributed by atoms with Crippen LogP contribution in [0.1, 0.15) is 40.9 Å². The summed E-state index contributed by atoms with van der Waals surface area (Å²) in [5.41, 5.74) is 2.34. The molecule has 2 saturated heterocycles. The summed E-state index contributed by atoms with van der Waals surface area (Å²) in [6, 6.07) is 11.0. The molecule has 2 aromatic rings. The Morgan fingerprint density at radius 1 is 1.21 bits per heavy atom. The van der Waals surface area contributed by atoms with Gasteiger partial charge in [0.15, 0.2) is 0 Å². The van der Waals surface area contributed by atoms with Gasteiger partial charge in [-0.15, -0.1) is 0 Å². The number of nitrogens with zero attached hydrogens (tertiary/aromatic N) is 3. The number of carbonyl (C=O) groups is 2. The fourth-order valence-corrected chi connectivity index (χ4v) is 4.87. The van der Waals surface area contributed by atoms with Crippen LogP contribution in [0.15, 0.2) is 42.6 Å². The molecule has 0 spiro atoms. The van der Waals surface area contributed by atoms with Gasteiger partial charge in [-0.2, -0.15) is 0 Å². The number of β-amino-alcohol motifs (C(OH)–C–C–N with tert-alkyl or cyclic N) is 1. The van der Waals surface area contributed by atoms with Gasteiger partial charge in [0.2, 0.25) is 5.91 Å². The smallest absolute Gasteiger partial charge is 0.255 e. The van der Waals surface area contributed by atoms with Crippen molar-refractivity contribution >= 4 is 11.8 Å². The number of hydrogen-bond acceptors (Lipinski definition) is 6. The third kappa shape index (κ3) is 5.34. The highest BCUT2D eigenvalue weighted by atomic mass is 16.5. The normalized spacial score (nSPS) is 21.7. The predicted molar refractivity (Wildman–Crippen MR) is 124 cm³/mol. The Kier molecular flexibility index (Phi) is 7.25. The summed E-state index contributed by atoms with van der Waals surface area (Å²) in [6.07, 6.45) is 3.15. The number of ether oxygens (including phenoxy) is 1. The molecule has 2 aliphatic heterocycles. The van der Waals surface area contributed by atoms with Gasteiger partial charge < -0.3 is 20.1 Å². The molecule has 0 aliphatic carbocycles. The minimum absolute atomic E-state index is 0.00749. The first-order valence-corrected chi connectivity index (χ1v) is 11.5. The number of carbonyl (C=O) groups excluding carboxylic acids is 2. The van der Waals surface area contributed by atoms with Crippen molar-refractivity contribution in [2.45, 2.75) is 50.9 Å². The summed E-state index contributed by atoms with van der Waals surface area (Å²) < 4.78 is 5.25. The maximum absolute atomic E-state index is 13.0. The van der Waals surface area contributed by atoms with E-state index >= 15 is 0 Å². The van der Waals surface area contributed by atoms with Gasteiger partial charge in [-0.3, -0.25) is 19.5 Å². The Balaban J connectivity index is 1.34. The molecular formula is C25H32N4O4. The lowest BCUT2D eigenvalue weighted by atomic mass is 10.0. The van der Waals surface area contributed by atoms with Crippen LogP contribution in [0.5, 0.6) is 5.75 Å². The molecule has 1 aromatic heterocycles. The number of pyridine rings is 1. The van der Waals surface area contributed by atoms with E-state index in [2.05, 4.69) is 15.2 Å².